The molecule has 1 unspecified atom stereocenters. The fourth-order valence-electron chi connectivity index (χ4n) is 2.21. The molecule has 1 aliphatic rings. The number of hydrogen-bond donors (Lipinski definition) is 3. The van der Waals surface area contributed by atoms with Gasteiger partial charge in [0, 0.05) is 19.3 Å². The van der Waals surface area contributed by atoms with Crippen LogP contribution in [0.15, 0.2) is 24.3 Å². The molecule has 1 saturated carbocycles. The number of aliphatic hydroxyl groups is 1. The van der Waals surface area contributed by atoms with E-state index in [1.54, 1.807) is 0 Å². The van der Waals surface area contributed by atoms with Gasteiger partial charge in [-0.3, -0.25) is 4.79 Å². The molecule has 4 N–H and O–H groups in total. The smallest absolute Gasteiger partial charge is 0.230 e. The summed E-state index contributed by atoms with van der Waals surface area (Å²) in [5.41, 5.74) is 6.90. The van der Waals surface area contributed by atoms with Crippen molar-refractivity contribution in [2.45, 2.75) is 24.4 Å². The maximum Gasteiger partial charge on any atom is 0.230 e. The zero-order chi connectivity index (χ0) is 13.9. The third-order valence-corrected chi connectivity index (χ3v) is 3.51. The summed E-state index contributed by atoms with van der Waals surface area (Å²) < 4.78 is 4.82. The van der Waals surface area contributed by atoms with E-state index in [2.05, 4.69) is 5.32 Å². The zero-order valence-electron chi connectivity index (χ0n) is 11.1. The Balaban J connectivity index is 1.96. The van der Waals surface area contributed by atoms with Gasteiger partial charge in [-0.15, -0.1) is 0 Å². The number of carbonyl (C=O) groups excluding carboxylic acids is 1. The number of nitrogens with two attached hydrogens (primary N) is 1. The fourth-order valence-corrected chi connectivity index (χ4v) is 2.21. The van der Waals surface area contributed by atoms with E-state index in [4.69, 9.17) is 10.5 Å². The van der Waals surface area contributed by atoms with Crippen LogP contribution in [0.3, 0.4) is 0 Å². The second kappa shape index (κ2) is 5.59. The van der Waals surface area contributed by atoms with Gasteiger partial charge < -0.3 is 20.9 Å². The number of anilines is 1. The Hall–Kier alpha value is -1.59. The molecule has 0 radical (unpaired) electrons. The molecule has 5 nitrogen and oxygen atoms in total. The Kier molecular flexibility index (Phi) is 4.07. The second-order valence-corrected chi connectivity index (χ2v) is 5.02. The van der Waals surface area contributed by atoms with Gasteiger partial charge in [-0.25, -0.2) is 0 Å². The van der Waals surface area contributed by atoms with Gasteiger partial charge in [0.05, 0.1) is 18.1 Å². The average Bonchev–Trinajstić information content (AvgIpc) is 3.19. The van der Waals surface area contributed by atoms with Crippen LogP contribution >= 0.6 is 0 Å². The first-order valence-electron chi connectivity index (χ1n) is 6.40. The number of methoxy groups -OCH3 is 1. The molecule has 0 heterocycles. The Morgan fingerprint density at radius 2 is 2.11 bits per heavy atom. The SMILES string of the molecule is COCC(O)CNC(=O)C1(c2ccc(N)cc2)CC1. The van der Waals surface area contributed by atoms with Crippen LogP contribution in [-0.4, -0.2) is 37.4 Å². The first-order valence-corrected chi connectivity index (χ1v) is 6.40. The predicted octanol–water partition coefficient (Wildman–Crippen LogP) is 0.424. The third kappa shape index (κ3) is 3.05. The van der Waals surface area contributed by atoms with Gasteiger partial charge in [-0.05, 0) is 30.5 Å². The molecule has 0 spiro atoms. The third-order valence-electron chi connectivity index (χ3n) is 3.51. The molecular weight excluding hydrogens is 244 g/mol. The lowest BCUT2D eigenvalue weighted by atomic mass is 9.94. The highest BCUT2D eigenvalue weighted by Gasteiger charge is 2.51. The number of ether oxygens (including phenoxy) is 1. The number of benzene rings is 1. The topological polar surface area (TPSA) is 84.6 Å². The minimum Gasteiger partial charge on any atom is -0.399 e. The van der Waals surface area contributed by atoms with Gasteiger partial charge in [0.25, 0.3) is 0 Å². The molecule has 0 bridgehead atoms. The van der Waals surface area contributed by atoms with Crippen LogP contribution in [0.4, 0.5) is 5.69 Å². The number of carbonyl (C=O) groups is 1. The molecule has 0 aliphatic heterocycles. The largest absolute Gasteiger partial charge is 0.399 e. The number of nitrogens with one attached hydrogen (secondary N) is 1. The molecule has 1 aliphatic carbocycles. The lowest BCUT2D eigenvalue weighted by molar-refractivity contribution is -0.124. The normalized spacial score (nSPS) is 17.8. The maximum absolute atomic E-state index is 12.2. The molecule has 0 aromatic heterocycles. The molecule has 1 aromatic carbocycles. The van der Waals surface area contributed by atoms with Crippen LogP contribution in [0, 0.1) is 0 Å². The van der Waals surface area contributed by atoms with E-state index < -0.39 is 11.5 Å². The van der Waals surface area contributed by atoms with Crippen LogP contribution < -0.4 is 11.1 Å². The molecule has 5 heteroatoms. The number of nitrogen functional groups attached to an aromatic ring is 1. The van der Waals surface area contributed by atoms with Gasteiger partial charge in [0.2, 0.25) is 5.91 Å². The summed E-state index contributed by atoms with van der Waals surface area (Å²) >= 11 is 0. The molecule has 1 aromatic rings. The fraction of sp³-hybridized carbons (Fsp3) is 0.500. The van der Waals surface area contributed by atoms with Crippen LogP contribution in [0.2, 0.25) is 0 Å². The molecule has 2 rings (SSSR count). The summed E-state index contributed by atoms with van der Waals surface area (Å²) in [7, 11) is 1.52. The highest BCUT2D eigenvalue weighted by molar-refractivity contribution is 5.91. The maximum atomic E-state index is 12.2. The molecule has 104 valence electrons. The first kappa shape index (κ1) is 13.8. The van der Waals surface area contributed by atoms with E-state index in [0.717, 1.165) is 18.4 Å². The summed E-state index contributed by atoms with van der Waals surface area (Å²) in [5.74, 6) is -0.0348. The van der Waals surface area contributed by atoms with Crippen molar-refractivity contribution in [1.29, 1.82) is 0 Å². The predicted molar refractivity (Wildman–Crippen MR) is 72.7 cm³/mol. The Bertz CT molecular complexity index is 441. The van der Waals surface area contributed by atoms with Crippen molar-refractivity contribution in [3.63, 3.8) is 0 Å². The van der Waals surface area contributed by atoms with Gasteiger partial charge in [-0.1, -0.05) is 12.1 Å². The summed E-state index contributed by atoms with van der Waals surface area (Å²) in [5, 5.41) is 12.3. The first-order chi connectivity index (χ1) is 9.08. The van der Waals surface area contributed by atoms with Crippen LogP contribution in [0.5, 0.6) is 0 Å². The molecule has 0 saturated heterocycles. The molecule has 1 fully saturated rings. The monoisotopic (exact) mass is 264 g/mol. The van der Waals surface area contributed by atoms with E-state index in [9.17, 15) is 9.90 Å². The van der Waals surface area contributed by atoms with Gasteiger partial charge in [-0.2, -0.15) is 0 Å². The van der Waals surface area contributed by atoms with Crippen molar-refractivity contribution >= 4 is 11.6 Å². The van der Waals surface area contributed by atoms with E-state index in [0.29, 0.717) is 5.69 Å². The summed E-state index contributed by atoms with van der Waals surface area (Å²) in [6.07, 6.45) is 1.00. The molecule has 1 atom stereocenters. The van der Waals surface area contributed by atoms with E-state index in [1.807, 2.05) is 24.3 Å². The zero-order valence-corrected chi connectivity index (χ0v) is 11.1. The number of rotatable bonds is 6. The highest BCUT2D eigenvalue weighted by atomic mass is 16.5. The van der Waals surface area contributed by atoms with Crippen molar-refractivity contribution in [3.05, 3.63) is 29.8 Å². The Labute approximate surface area is 112 Å². The van der Waals surface area contributed by atoms with Crippen molar-refractivity contribution < 1.29 is 14.6 Å². The van der Waals surface area contributed by atoms with Gasteiger partial charge >= 0.3 is 0 Å². The summed E-state index contributed by atoms with van der Waals surface area (Å²) in [6, 6.07) is 7.41. The summed E-state index contributed by atoms with van der Waals surface area (Å²) in [6.45, 7) is 0.429. The molecular formula is C14H20N2O3. The standard InChI is InChI=1S/C14H20N2O3/c1-19-9-12(17)8-16-13(18)14(6-7-14)10-2-4-11(15)5-3-10/h2-5,12,17H,6-9,15H2,1H3,(H,16,18). The van der Waals surface area contributed by atoms with Gasteiger partial charge in [0.1, 0.15) is 0 Å². The molecule has 1 amide bonds. The molecule has 19 heavy (non-hydrogen) atoms. The Morgan fingerprint density at radius 3 is 2.63 bits per heavy atom. The number of amides is 1. The minimum absolute atomic E-state index is 0.0348. The lowest BCUT2D eigenvalue weighted by Crippen LogP contribution is -2.40. The number of hydrogen-bond acceptors (Lipinski definition) is 4. The lowest BCUT2D eigenvalue weighted by Gasteiger charge is -2.17. The minimum atomic E-state index is -0.670. The van der Waals surface area contributed by atoms with Crippen molar-refractivity contribution in [2.75, 3.05) is 26.0 Å². The van der Waals surface area contributed by atoms with E-state index >= 15 is 0 Å². The Morgan fingerprint density at radius 1 is 1.47 bits per heavy atom. The van der Waals surface area contributed by atoms with E-state index in [1.165, 1.54) is 7.11 Å². The van der Waals surface area contributed by atoms with Crippen LogP contribution in [-0.2, 0) is 14.9 Å². The quantitative estimate of drug-likeness (QED) is 0.650. The van der Waals surface area contributed by atoms with Crippen molar-refractivity contribution in [2.24, 2.45) is 0 Å². The van der Waals surface area contributed by atoms with Crippen molar-refractivity contribution in [1.82, 2.24) is 5.32 Å². The highest BCUT2D eigenvalue weighted by Crippen LogP contribution is 2.48. The van der Waals surface area contributed by atoms with Crippen LogP contribution in [0.1, 0.15) is 18.4 Å². The van der Waals surface area contributed by atoms with Crippen molar-refractivity contribution in [3.8, 4) is 0 Å². The summed E-state index contributed by atoms with van der Waals surface area (Å²) in [4.78, 5) is 12.2. The second-order valence-electron chi connectivity index (χ2n) is 5.02. The van der Waals surface area contributed by atoms with E-state index in [-0.39, 0.29) is 19.1 Å². The van der Waals surface area contributed by atoms with Crippen LogP contribution in [0.25, 0.3) is 0 Å². The number of aliphatic hydroxyl groups excluding tert-OH is 1. The average molecular weight is 264 g/mol. The van der Waals surface area contributed by atoms with Gasteiger partial charge in [0.15, 0.2) is 0 Å².